The number of hydrogen-bond donors (Lipinski definition) is 1. The van der Waals surface area contributed by atoms with Gasteiger partial charge in [-0.15, -0.1) is 0 Å². The Hall–Kier alpha value is 0.270. The number of nitrogens with zero attached hydrogens (tertiary/aromatic N) is 1. The van der Waals surface area contributed by atoms with E-state index in [9.17, 15) is 0 Å². The topological polar surface area (TPSA) is 29.3 Å². The van der Waals surface area contributed by atoms with Crippen molar-refractivity contribution in [1.29, 1.82) is 0 Å². The van der Waals surface area contributed by atoms with Gasteiger partial charge in [-0.1, -0.05) is 40.5 Å². The minimum Gasteiger partial charge on any atom is -0.329 e. The molecule has 1 saturated heterocycles. The van der Waals surface area contributed by atoms with Gasteiger partial charge in [-0.3, -0.25) is 4.90 Å². The minimum absolute atomic E-state index is 0.204. The summed E-state index contributed by atoms with van der Waals surface area (Å²) < 4.78 is 0. The fourth-order valence-electron chi connectivity index (χ4n) is 4.20. The highest BCUT2D eigenvalue weighted by atomic mass is 32.2. The van der Waals surface area contributed by atoms with Crippen molar-refractivity contribution in [1.82, 2.24) is 4.90 Å². The summed E-state index contributed by atoms with van der Waals surface area (Å²) in [5.74, 6) is 3.25. The quantitative estimate of drug-likeness (QED) is 0.838. The lowest BCUT2D eigenvalue weighted by atomic mass is 9.69. The van der Waals surface area contributed by atoms with Gasteiger partial charge in [-0.25, -0.2) is 0 Å². The zero-order valence-corrected chi connectivity index (χ0v) is 14.8. The van der Waals surface area contributed by atoms with Gasteiger partial charge in [0.05, 0.1) is 0 Å². The molecule has 2 aliphatic rings. The van der Waals surface area contributed by atoms with Crippen LogP contribution in [0, 0.1) is 11.3 Å². The van der Waals surface area contributed by atoms with Crippen LogP contribution in [0.25, 0.3) is 0 Å². The molecule has 1 heterocycles. The van der Waals surface area contributed by atoms with E-state index < -0.39 is 0 Å². The van der Waals surface area contributed by atoms with E-state index in [2.05, 4.69) is 44.4 Å². The molecule has 3 heteroatoms. The van der Waals surface area contributed by atoms with Crippen molar-refractivity contribution in [2.75, 3.05) is 24.6 Å². The summed E-state index contributed by atoms with van der Waals surface area (Å²) in [6.07, 6.45) is 6.89. The Morgan fingerprint density at radius 3 is 2.40 bits per heavy atom. The van der Waals surface area contributed by atoms with E-state index in [1.165, 1.54) is 50.2 Å². The Bertz CT molecular complexity index is 310. The molecule has 118 valence electrons. The van der Waals surface area contributed by atoms with Gasteiger partial charge in [0.15, 0.2) is 0 Å². The Kier molecular flexibility index (Phi) is 5.47. The zero-order valence-electron chi connectivity index (χ0n) is 14.0. The number of rotatable bonds is 5. The minimum atomic E-state index is 0.204. The van der Waals surface area contributed by atoms with E-state index >= 15 is 0 Å². The van der Waals surface area contributed by atoms with Crippen LogP contribution in [0.2, 0.25) is 0 Å². The zero-order chi connectivity index (χ0) is 14.8. The SMILES string of the molecule is CC(C)CN(C1CCCC1)C1(CN)CSCCC1(C)C. The average molecular weight is 299 g/mol. The van der Waals surface area contributed by atoms with Crippen LogP contribution in [0.15, 0.2) is 0 Å². The Labute approximate surface area is 130 Å². The van der Waals surface area contributed by atoms with Crippen molar-refractivity contribution in [3.63, 3.8) is 0 Å². The third-order valence-corrected chi connectivity index (χ3v) is 6.86. The van der Waals surface area contributed by atoms with Crippen molar-refractivity contribution in [3.8, 4) is 0 Å². The molecule has 0 amide bonds. The van der Waals surface area contributed by atoms with Gasteiger partial charge in [0.2, 0.25) is 0 Å². The van der Waals surface area contributed by atoms with Crippen molar-refractivity contribution in [2.24, 2.45) is 17.1 Å². The van der Waals surface area contributed by atoms with Crippen molar-refractivity contribution in [2.45, 2.75) is 71.4 Å². The molecule has 0 aromatic rings. The summed E-state index contributed by atoms with van der Waals surface area (Å²) in [5, 5.41) is 0. The van der Waals surface area contributed by atoms with Gasteiger partial charge in [-0.2, -0.15) is 11.8 Å². The monoisotopic (exact) mass is 298 g/mol. The van der Waals surface area contributed by atoms with Crippen LogP contribution in [-0.4, -0.2) is 41.1 Å². The Balaban J connectivity index is 2.31. The summed E-state index contributed by atoms with van der Waals surface area (Å²) in [4.78, 5) is 2.86. The first-order chi connectivity index (χ1) is 9.43. The van der Waals surface area contributed by atoms with Crippen molar-refractivity contribution >= 4 is 11.8 Å². The molecule has 0 aromatic carbocycles. The first-order valence-electron chi connectivity index (χ1n) is 8.47. The Morgan fingerprint density at radius 2 is 1.90 bits per heavy atom. The van der Waals surface area contributed by atoms with Crippen LogP contribution in [-0.2, 0) is 0 Å². The highest BCUT2D eigenvalue weighted by Gasteiger charge is 2.51. The molecule has 2 N–H and O–H groups in total. The molecule has 2 rings (SSSR count). The second-order valence-corrected chi connectivity index (χ2v) is 9.01. The van der Waals surface area contributed by atoms with Gasteiger partial charge in [0, 0.05) is 30.4 Å². The van der Waals surface area contributed by atoms with Crippen LogP contribution in [0.5, 0.6) is 0 Å². The lowest BCUT2D eigenvalue weighted by Gasteiger charge is -2.58. The highest BCUT2D eigenvalue weighted by molar-refractivity contribution is 7.99. The molecule has 2 nitrogen and oxygen atoms in total. The molecule has 1 aliphatic heterocycles. The molecule has 1 unspecified atom stereocenters. The third kappa shape index (κ3) is 3.05. The van der Waals surface area contributed by atoms with Crippen LogP contribution < -0.4 is 5.73 Å². The number of nitrogens with two attached hydrogens (primary N) is 1. The summed E-state index contributed by atoms with van der Waals surface area (Å²) in [7, 11) is 0. The lowest BCUT2D eigenvalue weighted by Crippen LogP contribution is -2.68. The van der Waals surface area contributed by atoms with Crippen LogP contribution in [0.1, 0.15) is 59.8 Å². The molecule has 0 bridgehead atoms. The van der Waals surface area contributed by atoms with E-state index in [1.807, 2.05) is 0 Å². The molecule has 0 spiro atoms. The second kappa shape index (κ2) is 6.58. The summed E-state index contributed by atoms with van der Waals surface area (Å²) in [5.41, 5.74) is 6.94. The fraction of sp³-hybridized carbons (Fsp3) is 1.00. The maximum Gasteiger partial charge on any atom is 0.0475 e. The van der Waals surface area contributed by atoms with E-state index in [1.54, 1.807) is 0 Å². The molecule has 2 fully saturated rings. The highest BCUT2D eigenvalue weighted by Crippen LogP contribution is 2.47. The van der Waals surface area contributed by atoms with Crippen LogP contribution in [0.4, 0.5) is 0 Å². The molecule has 1 saturated carbocycles. The molecular weight excluding hydrogens is 264 g/mol. The summed E-state index contributed by atoms with van der Waals surface area (Å²) in [6.45, 7) is 11.7. The molecular formula is C17H34N2S. The summed E-state index contributed by atoms with van der Waals surface area (Å²) in [6, 6.07) is 0.777. The third-order valence-electron chi connectivity index (χ3n) is 5.69. The van der Waals surface area contributed by atoms with Gasteiger partial charge in [0.25, 0.3) is 0 Å². The predicted octanol–water partition coefficient (Wildman–Crippen LogP) is 3.75. The first-order valence-corrected chi connectivity index (χ1v) is 9.63. The normalized spacial score (nSPS) is 31.4. The van der Waals surface area contributed by atoms with E-state index in [-0.39, 0.29) is 5.54 Å². The van der Waals surface area contributed by atoms with Gasteiger partial charge in [0.1, 0.15) is 0 Å². The van der Waals surface area contributed by atoms with Gasteiger partial charge < -0.3 is 5.73 Å². The molecule has 0 aromatic heterocycles. The van der Waals surface area contributed by atoms with Crippen LogP contribution >= 0.6 is 11.8 Å². The summed E-state index contributed by atoms with van der Waals surface area (Å²) >= 11 is 2.12. The molecule has 1 aliphatic carbocycles. The number of thioether (sulfide) groups is 1. The van der Waals surface area contributed by atoms with Gasteiger partial charge >= 0.3 is 0 Å². The molecule has 1 atom stereocenters. The van der Waals surface area contributed by atoms with Crippen LogP contribution in [0.3, 0.4) is 0 Å². The molecule has 0 radical (unpaired) electrons. The van der Waals surface area contributed by atoms with E-state index in [4.69, 9.17) is 5.73 Å². The van der Waals surface area contributed by atoms with E-state index in [0.717, 1.165) is 18.5 Å². The average Bonchev–Trinajstić information content (AvgIpc) is 2.90. The maximum atomic E-state index is 6.40. The maximum absolute atomic E-state index is 6.40. The van der Waals surface area contributed by atoms with Gasteiger partial charge in [-0.05, 0) is 36.3 Å². The predicted molar refractivity (Wildman–Crippen MR) is 91.3 cm³/mol. The smallest absolute Gasteiger partial charge is 0.0475 e. The standard InChI is InChI=1S/C17H34N2S/c1-14(2)11-19(15-7-5-6-8-15)17(12-18)13-20-10-9-16(17,3)4/h14-15H,5-13,18H2,1-4H3. The first kappa shape index (κ1) is 16.6. The lowest BCUT2D eigenvalue weighted by molar-refractivity contribution is -0.0338. The largest absolute Gasteiger partial charge is 0.329 e. The van der Waals surface area contributed by atoms with Crippen molar-refractivity contribution < 1.29 is 0 Å². The Morgan fingerprint density at radius 1 is 1.25 bits per heavy atom. The second-order valence-electron chi connectivity index (χ2n) is 7.91. The fourth-order valence-corrected chi connectivity index (χ4v) is 6.01. The van der Waals surface area contributed by atoms with Crippen molar-refractivity contribution in [3.05, 3.63) is 0 Å². The molecule has 20 heavy (non-hydrogen) atoms. The van der Waals surface area contributed by atoms with E-state index in [0.29, 0.717) is 5.41 Å². The number of hydrogen-bond acceptors (Lipinski definition) is 3.